The van der Waals surface area contributed by atoms with E-state index in [-0.39, 0.29) is 6.04 Å². The van der Waals surface area contributed by atoms with Crippen molar-refractivity contribution < 1.29 is 14.7 Å². The molecular formula is C12H23N3O3. The number of rotatable bonds is 6. The van der Waals surface area contributed by atoms with E-state index < -0.39 is 17.5 Å². The highest BCUT2D eigenvalue weighted by Gasteiger charge is 2.31. The summed E-state index contributed by atoms with van der Waals surface area (Å²) in [5.41, 5.74) is -1.25. The van der Waals surface area contributed by atoms with E-state index >= 15 is 0 Å². The first kappa shape index (κ1) is 14.8. The summed E-state index contributed by atoms with van der Waals surface area (Å²) in [6.07, 6.45) is 2.44. The fourth-order valence-corrected chi connectivity index (χ4v) is 1.61. The lowest BCUT2D eigenvalue weighted by Crippen LogP contribution is -2.54. The third-order valence-electron chi connectivity index (χ3n) is 3.34. The highest BCUT2D eigenvalue weighted by molar-refractivity contribution is 5.85. The fraction of sp³-hybridized carbons (Fsp3) is 0.833. The zero-order chi connectivity index (χ0) is 13.9. The van der Waals surface area contributed by atoms with Crippen LogP contribution in [0.15, 0.2) is 0 Å². The number of carboxylic acid groups (broad SMARTS) is 1. The summed E-state index contributed by atoms with van der Waals surface area (Å²) >= 11 is 0. The van der Waals surface area contributed by atoms with Crippen molar-refractivity contribution in [3.63, 3.8) is 0 Å². The Morgan fingerprint density at radius 1 is 1.44 bits per heavy atom. The van der Waals surface area contributed by atoms with Gasteiger partial charge in [-0.25, -0.2) is 9.59 Å². The Balaban J connectivity index is 2.30. The van der Waals surface area contributed by atoms with Crippen molar-refractivity contribution >= 4 is 12.0 Å². The van der Waals surface area contributed by atoms with E-state index in [1.54, 1.807) is 0 Å². The maximum atomic E-state index is 11.6. The van der Waals surface area contributed by atoms with Crippen molar-refractivity contribution in [2.75, 3.05) is 13.6 Å². The van der Waals surface area contributed by atoms with Gasteiger partial charge in [0.05, 0.1) is 0 Å². The molecule has 1 aliphatic rings. The van der Waals surface area contributed by atoms with E-state index in [9.17, 15) is 9.59 Å². The molecule has 0 heterocycles. The first-order valence-corrected chi connectivity index (χ1v) is 6.25. The molecule has 1 atom stereocenters. The average molecular weight is 257 g/mol. The van der Waals surface area contributed by atoms with Gasteiger partial charge in [0.2, 0.25) is 0 Å². The van der Waals surface area contributed by atoms with Crippen LogP contribution in [-0.2, 0) is 4.79 Å². The van der Waals surface area contributed by atoms with Crippen LogP contribution in [0.3, 0.4) is 0 Å². The number of nitrogens with zero attached hydrogens (tertiary/aromatic N) is 1. The predicted molar refractivity (Wildman–Crippen MR) is 68.5 cm³/mol. The van der Waals surface area contributed by atoms with Gasteiger partial charge in [0, 0.05) is 18.6 Å². The number of likely N-dealkylation sites (N-methyl/N-ethyl adjacent to an activating group) is 1. The topological polar surface area (TPSA) is 81.7 Å². The predicted octanol–water partition coefficient (Wildman–Crippen LogP) is 0.632. The second-order valence-corrected chi connectivity index (χ2v) is 5.51. The van der Waals surface area contributed by atoms with Crippen molar-refractivity contribution in [2.45, 2.75) is 51.2 Å². The lowest BCUT2D eigenvalue weighted by Gasteiger charge is -2.26. The van der Waals surface area contributed by atoms with Crippen LogP contribution in [0, 0.1) is 0 Å². The van der Waals surface area contributed by atoms with Crippen molar-refractivity contribution in [2.24, 2.45) is 0 Å². The highest BCUT2D eigenvalue weighted by Crippen LogP contribution is 2.26. The summed E-state index contributed by atoms with van der Waals surface area (Å²) in [5.74, 6) is -1.05. The molecule has 104 valence electrons. The van der Waals surface area contributed by atoms with Crippen LogP contribution in [0.5, 0.6) is 0 Å². The maximum absolute atomic E-state index is 11.6. The number of carboxylic acids is 1. The van der Waals surface area contributed by atoms with Gasteiger partial charge >= 0.3 is 12.0 Å². The smallest absolute Gasteiger partial charge is 0.328 e. The monoisotopic (exact) mass is 257 g/mol. The average Bonchev–Trinajstić information content (AvgIpc) is 3.07. The molecule has 0 aromatic heterocycles. The maximum Gasteiger partial charge on any atom is 0.328 e. The van der Waals surface area contributed by atoms with Crippen molar-refractivity contribution in [1.29, 1.82) is 0 Å². The molecule has 0 saturated heterocycles. The Morgan fingerprint density at radius 2 is 2.00 bits per heavy atom. The van der Waals surface area contributed by atoms with Gasteiger partial charge in [-0.15, -0.1) is 0 Å². The van der Waals surface area contributed by atoms with Crippen LogP contribution >= 0.6 is 0 Å². The minimum atomic E-state index is -1.25. The number of carbonyl (C=O) groups is 2. The second-order valence-electron chi connectivity index (χ2n) is 5.51. The van der Waals surface area contributed by atoms with Crippen LogP contribution in [-0.4, -0.2) is 53.2 Å². The summed E-state index contributed by atoms with van der Waals surface area (Å²) in [5, 5.41) is 14.0. The number of carbonyl (C=O) groups excluding carboxylic acids is 1. The molecule has 2 amide bonds. The quantitative estimate of drug-likeness (QED) is 0.652. The van der Waals surface area contributed by atoms with Crippen LogP contribution in [0.25, 0.3) is 0 Å². The van der Waals surface area contributed by atoms with Gasteiger partial charge < -0.3 is 15.7 Å². The third kappa shape index (κ3) is 4.18. The Hall–Kier alpha value is -1.30. The molecule has 6 nitrogen and oxygen atoms in total. The largest absolute Gasteiger partial charge is 0.480 e. The number of amides is 2. The van der Waals surface area contributed by atoms with Gasteiger partial charge in [-0.2, -0.15) is 0 Å². The summed E-state index contributed by atoms with van der Waals surface area (Å²) in [6.45, 7) is 5.46. The van der Waals surface area contributed by atoms with Gasteiger partial charge in [-0.1, -0.05) is 0 Å². The van der Waals surface area contributed by atoms with Gasteiger partial charge in [0.25, 0.3) is 0 Å². The molecule has 6 heteroatoms. The molecule has 0 aromatic carbocycles. The second kappa shape index (κ2) is 5.56. The van der Waals surface area contributed by atoms with Crippen molar-refractivity contribution in [3.8, 4) is 0 Å². The molecule has 1 unspecified atom stereocenters. The standard InChI is InChI=1S/C12H23N3O3/c1-8(15(4)9-5-6-9)7-13-11(18)14-12(2,3)10(16)17/h8-9H,5-7H2,1-4H3,(H,16,17)(H2,13,14,18). The molecule has 0 spiro atoms. The summed E-state index contributed by atoms with van der Waals surface area (Å²) < 4.78 is 0. The Kier molecular flexibility index (Phi) is 4.56. The molecule has 0 aliphatic heterocycles. The minimum Gasteiger partial charge on any atom is -0.480 e. The summed E-state index contributed by atoms with van der Waals surface area (Å²) in [4.78, 5) is 24.7. The van der Waals surface area contributed by atoms with E-state index in [4.69, 9.17) is 5.11 Å². The van der Waals surface area contributed by atoms with Gasteiger partial charge in [0.1, 0.15) is 5.54 Å². The first-order valence-electron chi connectivity index (χ1n) is 6.25. The number of aliphatic carboxylic acids is 1. The zero-order valence-electron chi connectivity index (χ0n) is 11.5. The van der Waals surface area contributed by atoms with Crippen LogP contribution < -0.4 is 10.6 Å². The molecule has 0 bridgehead atoms. The fourth-order valence-electron chi connectivity index (χ4n) is 1.61. The minimum absolute atomic E-state index is 0.246. The Labute approximate surface area is 108 Å². The van der Waals surface area contributed by atoms with Crippen molar-refractivity contribution in [3.05, 3.63) is 0 Å². The molecule has 1 fully saturated rings. The van der Waals surface area contributed by atoms with E-state index in [1.807, 2.05) is 14.0 Å². The molecule has 1 saturated carbocycles. The SMILES string of the molecule is CC(CNC(=O)NC(C)(C)C(=O)O)N(C)C1CC1. The van der Waals surface area contributed by atoms with E-state index in [0.717, 1.165) is 0 Å². The Morgan fingerprint density at radius 3 is 2.44 bits per heavy atom. The molecule has 1 aliphatic carbocycles. The highest BCUT2D eigenvalue weighted by atomic mass is 16.4. The van der Waals surface area contributed by atoms with Gasteiger partial charge in [-0.05, 0) is 40.7 Å². The number of nitrogens with one attached hydrogen (secondary N) is 2. The summed E-state index contributed by atoms with van der Waals surface area (Å²) in [7, 11) is 2.04. The number of urea groups is 1. The normalized spacial score (nSPS) is 17.4. The molecule has 0 radical (unpaired) electrons. The van der Waals surface area contributed by atoms with Crippen molar-refractivity contribution in [1.82, 2.24) is 15.5 Å². The van der Waals surface area contributed by atoms with E-state index in [2.05, 4.69) is 15.5 Å². The zero-order valence-corrected chi connectivity index (χ0v) is 11.5. The Bertz CT molecular complexity index is 327. The van der Waals surface area contributed by atoms with E-state index in [1.165, 1.54) is 26.7 Å². The van der Waals surface area contributed by atoms with E-state index in [0.29, 0.717) is 12.6 Å². The van der Waals surface area contributed by atoms with Crippen LogP contribution in [0.2, 0.25) is 0 Å². The van der Waals surface area contributed by atoms with Crippen LogP contribution in [0.4, 0.5) is 4.79 Å². The molecule has 3 N–H and O–H groups in total. The molecule has 1 rings (SSSR count). The lowest BCUT2D eigenvalue weighted by molar-refractivity contribution is -0.142. The molecule has 18 heavy (non-hydrogen) atoms. The lowest BCUT2D eigenvalue weighted by atomic mass is 10.1. The summed E-state index contributed by atoms with van der Waals surface area (Å²) in [6, 6.07) is 0.440. The number of hydrogen-bond donors (Lipinski definition) is 3. The third-order valence-corrected chi connectivity index (χ3v) is 3.34. The van der Waals surface area contributed by atoms with Gasteiger partial charge in [0.15, 0.2) is 0 Å². The first-order chi connectivity index (χ1) is 8.24. The van der Waals surface area contributed by atoms with Gasteiger partial charge in [-0.3, -0.25) is 4.90 Å². The molecular weight excluding hydrogens is 234 g/mol. The van der Waals surface area contributed by atoms with Crippen LogP contribution in [0.1, 0.15) is 33.6 Å². The molecule has 0 aromatic rings. The number of hydrogen-bond acceptors (Lipinski definition) is 3.